The minimum Gasteiger partial charge on any atom is -0.359 e. The average Bonchev–Trinajstić information content (AvgIpc) is 3.39. The highest BCUT2D eigenvalue weighted by molar-refractivity contribution is 6.22. The first kappa shape index (κ1) is 28.4. The zero-order valence-corrected chi connectivity index (χ0v) is 26.3. The van der Waals surface area contributed by atoms with Gasteiger partial charge in [0, 0.05) is 22.1 Å². The lowest BCUT2D eigenvalue weighted by Crippen LogP contribution is -2.31. The lowest BCUT2D eigenvalue weighted by atomic mass is 9.80. The number of fused-ring (bicyclic) bond motifs is 3. The molecule has 0 aliphatic carbocycles. The van der Waals surface area contributed by atoms with Crippen molar-refractivity contribution >= 4 is 38.6 Å². The molecule has 1 aliphatic heterocycles. The van der Waals surface area contributed by atoms with Crippen LogP contribution >= 0.6 is 0 Å². The topological polar surface area (TPSA) is 12.5 Å². The standard InChI is InChI=1S/C42H41NO/c1-5-41(6-2)37-28-27-30(29-38(37)42(7-3,8-4)44-41)39-33-23-15-17-25-35(33)40(36-26-18-16-24-34(36)39)43(31-19-11-9-12-20-31)32-21-13-10-14-22-32/h9-29H,5-8H2,1-4H3. The first-order valence-electron chi connectivity index (χ1n) is 16.3. The summed E-state index contributed by atoms with van der Waals surface area (Å²) in [6.07, 6.45) is 3.89. The lowest BCUT2D eigenvalue weighted by Gasteiger charge is -2.34. The van der Waals surface area contributed by atoms with E-state index < -0.39 is 0 Å². The van der Waals surface area contributed by atoms with Crippen molar-refractivity contribution in [1.29, 1.82) is 0 Å². The van der Waals surface area contributed by atoms with Crippen LogP contribution < -0.4 is 4.90 Å². The summed E-state index contributed by atoms with van der Waals surface area (Å²) in [5, 5.41) is 4.99. The van der Waals surface area contributed by atoms with Crippen LogP contribution in [0, 0.1) is 0 Å². The highest BCUT2D eigenvalue weighted by Crippen LogP contribution is 2.55. The Bertz CT molecular complexity index is 1840. The smallest absolute Gasteiger partial charge is 0.0942 e. The molecule has 0 saturated heterocycles. The Morgan fingerprint density at radius 1 is 0.477 bits per heavy atom. The van der Waals surface area contributed by atoms with Crippen molar-refractivity contribution < 1.29 is 4.74 Å². The van der Waals surface area contributed by atoms with Crippen molar-refractivity contribution in [2.24, 2.45) is 0 Å². The molecule has 2 nitrogen and oxygen atoms in total. The number of para-hydroxylation sites is 2. The molecule has 44 heavy (non-hydrogen) atoms. The average molecular weight is 576 g/mol. The minimum absolute atomic E-state index is 0.222. The van der Waals surface area contributed by atoms with E-state index >= 15 is 0 Å². The third-order valence-electron chi connectivity index (χ3n) is 10.1. The molecule has 1 heterocycles. The van der Waals surface area contributed by atoms with Gasteiger partial charge in [0.2, 0.25) is 0 Å². The van der Waals surface area contributed by atoms with Crippen molar-refractivity contribution in [3.8, 4) is 11.1 Å². The molecule has 0 N–H and O–H groups in total. The van der Waals surface area contributed by atoms with Crippen molar-refractivity contribution in [2.45, 2.75) is 64.6 Å². The van der Waals surface area contributed by atoms with E-state index in [9.17, 15) is 0 Å². The van der Waals surface area contributed by atoms with Gasteiger partial charge in [0.15, 0.2) is 0 Å². The van der Waals surface area contributed by atoms with E-state index in [2.05, 4.69) is 160 Å². The van der Waals surface area contributed by atoms with Gasteiger partial charge < -0.3 is 9.64 Å². The van der Waals surface area contributed by atoms with E-state index in [-0.39, 0.29) is 11.2 Å². The molecule has 0 radical (unpaired) electrons. The number of ether oxygens (including phenoxy) is 1. The molecule has 7 rings (SSSR count). The van der Waals surface area contributed by atoms with Crippen LogP contribution in [0.3, 0.4) is 0 Å². The van der Waals surface area contributed by atoms with Crippen LogP contribution in [-0.2, 0) is 15.9 Å². The van der Waals surface area contributed by atoms with Crippen LogP contribution in [-0.4, -0.2) is 0 Å². The predicted molar refractivity (Wildman–Crippen MR) is 187 cm³/mol. The summed E-state index contributed by atoms with van der Waals surface area (Å²) in [5.74, 6) is 0. The molecular weight excluding hydrogens is 534 g/mol. The van der Waals surface area contributed by atoms with E-state index in [0.717, 1.165) is 37.1 Å². The summed E-state index contributed by atoms with van der Waals surface area (Å²) in [5.41, 5.74) is 8.29. The Balaban J connectivity index is 1.56. The van der Waals surface area contributed by atoms with Crippen LogP contribution in [0.5, 0.6) is 0 Å². The number of nitrogens with zero attached hydrogens (tertiary/aromatic N) is 1. The number of rotatable bonds is 8. The quantitative estimate of drug-likeness (QED) is 0.167. The van der Waals surface area contributed by atoms with E-state index in [4.69, 9.17) is 4.74 Å². The van der Waals surface area contributed by atoms with Crippen LogP contribution in [0.1, 0.15) is 64.5 Å². The molecule has 0 bridgehead atoms. The normalized spacial score (nSPS) is 15.0. The molecule has 0 aromatic heterocycles. The molecule has 1 aliphatic rings. The largest absolute Gasteiger partial charge is 0.359 e. The van der Waals surface area contributed by atoms with Crippen LogP contribution in [0.2, 0.25) is 0 Å². The second kappa shape index (κ2) is 11.3. The summed E-state index contributed by atoms with van der Waals surface area (Å²) in [7, 11) is 0. The third-order valence-corrected chi connectivity index (χ3v) is 10.1. The molecule has 6 aromatic carbocycles. The number of benzene rings is 6. The molecule has 0 amide bonds. The molecule has 0 saturated carbocycles. The maximum Gasteiger partial charge on any atom is 0.0942 e. The highest BCUT2D eigenvalue weighted by atomic mass is 16.5. The van der Waals surface area contributed by atoms with Crippen molar-refractivity contribution in [3.63, 3.8) is 0 Å². The Labute approximate surface area is 261 Å². The fraction of sp³-hybridized carbons (Fsp3) is 0.238. The van der Waals surface area contributed by atoms with Gasteiger partial charge in [-0.25, -0.2) is 0 Å². The summed E-state index contributed by atoms with van der Waals surface area (Å²) < 4.78 is 7.11. The van der Waals surface area contributed by atoms with Gasteiger partial charge in [0.25, 0.3) is 0 Å². The fourth-order valence-electron chi connectivity index (χ4n) is 7.73. The SMILES string of the molecule is CCC1(CC)OC(CC)(CC)c2cc(-c3c4ccccc4c(N(c4ccccc4)c4ccccc4)c4ccccc34)ccc21. The van der Waals surface area contributed by atoms with Gasteiger partial charge in [-0.05, 0) is 89.0 Å². The summed E-state index contributed by atoms with van der Waals surface area (Å²) in [4.78, 5) is 2.42. The number of hydrogen-bond acceptors (Lipinski definition) is 2. The Hall–Kier alpha value is -4.40. The first-order chi connectivity index (χ1) is 21.6. The maximum atomic E-state index is 7.11. The van der Waals surface area contributed by atoms with E-state index in [1.165, 1.54) is 49.5 Å². The zero-order chi connectivity index (χ0) is 30.3. The van der Waals surface area contributed by atoms with Crippen LogP contribution in [0.4, 0.5) is 17.1 Å². The van der Waals surface area contributed by atoms with Gasteiger partial charge in [-0.15, -0.1) is 0 Å². The fourth-order valence-corrected chi connectivity index (χ4v) is 7.73. The third kappa shape index (κ3) is 4.27. The molecule has 0 unspecified atom stereocenters. The van der Waals surface area contributed by atoms with E-state index in [1.807, 2.05) is 0 Å². The highest BCUT2D eigenvalue weighted by Gasteiger charge is 2.49. The van der Waals surface area contributed by atoms with Crippen LogP contribution in [0.15, 0.2) is 127 Å². The molecule has 6 aromatic rings. The second-order valence-corrected chi connectivity index (χ2v) is 12.1. The molecule has 2 heteroatoms. The Morgan fingerprint density at radius 3 is 1.39 bits per heavy atom. The maximum absolute atomic E-state index is 7.11. The van der Waals surface area contributed by atoms with Gasteiger partial charge >= 0.3 is 0 Å². The van der Waals surface area contributed by atoms with Gasteiger partial charge in [-0.3, -0.25) is 0 Å². The Morgan fingerprint density at radius 2 is 0.909 bits per heavy atom. The predicted octanol–water partition coefficient (Wildman–Crippen LogP) is 12.2. The van der Waals surface area contributed by atoms with Crippen molar-refractivity contribution in [1.82, 2.24) is 0 Å². The first-order valence-corrected chi connectivity index (χ1v) is 16.3. The van der Waals surface area contributed by atoms with E-state index in [1.54, 1.807) is 0 Å². The van der Waals surface area contributed by atoms with Crippen LogP contribution in [0.25, 0.3) is 32.7 Å². The number of anilines is 3. The van der Waals surface area contributed by atoms with Gasteiger partial charge in [-0.2, -0.15) is 0 Å². The zero-order valence-electron chi connectivity index (χ0n) is 26.3. The van der Waals surface area contributed by atoms with Gasteiger partial charge in [0.05, 0.1) is 16.9 Å². The molecule has 0 atom stereocenters. The van der Waals surface area contributed by atoms with E-state index in [0.29, 0.717) is 0 Å². The lowest BCUT2D eigenvalue weighted by molar-refractivity contribution is -0.151. The van der Waals surface area contributed by atoms with Crippen molar-refractivity contribution in [2.75, 3.05) is 4.90 Å². The summed E-state index contributed by atoms with van der Waals surface area (Å²) in [6.45, 7) is 9.10. The molecule has 0 spiro atoms. The number of hydrogen-bond donors (Lipinski definition) is 0. The minimum atomic E-state index is -0.264. The van der Waals surface area contributed by atoms with Gasteiger partial charge in [0.1, 0.15) is 0 Å². The molecule has 220 valence electrons. The molecular formula is C42H41NO. The van der Waals surface area contributed by atoms with Gasteiger partial charge in [-0.1, -0.05) is 125 Å². The second-order valence-electron chi connectivity index (χ2n) is 12.1. The monoisotopic (exact) mass is 575 g/mol. The molecule has 0 fully saturated rings. The van der Waals surface area contributed by atoms with Crippen molar-refractivity contribution in [3.05, 3.63) is 139 Å². The summed E-state index contributed by atoms with van der Waals surface area (Å²) >= 11 is 0. The Kier molecular flexibility index (Phi) is 7.26. The summed E-state index contributed by atoms with van der Waals surface area (Å²) in [6, 6.07) is 46.5.